The van der Waals surface area contributed by atoms with E-state index in [9.17, 15) is 9.59 Å². The van der Waals surface area contributed by atoms with Crippen LogP contribution in [0.2, 0.25) is 0 Å². The van der Waals surface area contributed by atoms with Gasteiger partial charge in [0, 0.05) is 50.9 Å². The van der Waals surface area contributed by atoms with E-state index in [4.69, 9.17) is 20.5 Å². The molecule has 2 aliphatic rings. The van der Waals surface area contributed by atoms with Crippen LogP contribution in [0.25, 0.3) is 0 Å². The molecule has 0 radical (unpaired) electrons. The molecule has 2 unspecified atom stereocenters. The number of hydrogen-bond donors (Lipinski definition) is 2. The maximum atomic E-state index is 13.6. The Hall–Kier alpha value is -3.45. The minimum absolute atomic E-state index is 0.0813. The lowest BCUT2D eigenvalue weighted by atomic mass is 9.93. The average molecular weight is 520 g/mol. The highest BCUT2D eigenvalue weighted by Crippen LogP contribution is 2.28. The molecule has 2 aliphatic heterocycles. The van der Waals surface area contributed by atoms with E-state index in [-0.39, 0.29) is 24.0 Å². The first kappa shape index (κ1) is 27.6. The molecule has 9 nitrogen and oxygen atoms in total. The van der Waals surface area contributed by atoms with Gasteiger partial charge in [0.15, 0.2) is 0 Å². The van der Waals surface area contributed by atoms with E-state index in [2.05, 4.69) is 16.3 Å². The smallest absolute Gasteiger partial charge is 0.254 e. The van der Waals surface area contributed by atoms with Crippen LogP contribution in [0.3, 0.4) is 0 Å². The van der Waals surface area contributed by atoms with Crippen molar-refractivity contribution in [3.8, 4) is 11.8 Å². The van der Waals surface area contributed by atoms with E-state index >= 15 is 0 Å². The zero-order valence-corrected chi connectivity index (χ0v) is 22.0. The predicted molar refractivity (Wildman–Crippen MR) is 143 cm³/mol. The lowest BCUT2D eigenvalue weighted by Gasteiger charge is -2.43. The maximum absolute atomic E-state index is 13.6. The molecule has 2 amide bonds. The van der Waals surface area contributed by atoms with Gasteiger partial charge in [0.1, 0.15) is 11.8 Å². The normalized spacial score (nSPS) is 21.2. The fraction of sp³-hybridized carbons (Fsp3) is 0.483. The number of nitriles is 1. The van der Waals surface area contributed by atoms with Crippen molar-refractivity contribution < 1.29 is 19.1 Å². The van der Waals surface area contributed by atoms with Gasteiger partial charge in [0.05, 0.1) is 24.8 Å². The van der Waals surface area contributed by atoms with E-state index < -0.39 is 6.04 Å². The summed E-state index contributed by atoms with van der Waals surface area (Å²) in [6.45, 7) is 3.34. The molecule has 0 bridgehead atoms. The highest BCUT2D eigenvalue weighted by molar-refractivity contribution is 5.98. The van der Waals surface area contributed by atoms with Gasteiger partial charge in [-0.2, -0.15) is 5.26 Å². The highest BCUT2D eigenvalue weighted by Gasteiger charge is 2.39. The molecule has 2 fully saturated rings. The monoisotopic (exact) mass is 519 g/mol. The van der Waals surface area contributed by atoms with Crippen LogP contribution in [0.5, 0.6) is 5.75 Å². The minimum Gasteiger partial charge on any atom is -0.497 e. The Morgan fingerprint density at radius 1 is 1.24 bits per heavy atom. The van der Waals surface area contributed by atoms with Gasteiger partial charge in [-0.3, -0.25) is 14.5 Å². The lowest BCUT2D eigenvalue weighted by molar-refractivity contribution is -0.127. The van der Waals surface area contributed by atoms with Crippen molar-refractivity contribution in [2.24, 2.45) is 5.73 Å². The van der Waals surface area contributed by atoms with E-state index in [0.717, 1.165) is 38.0 Å². The van der Waals surface area contributed by atoms with Crippen LogP contribution >= 0.6 is 0 Å². The number of nitrogens with zero attached hydrogens (tertiary/aromatic N) is 3. The average Bonchev–Trinajstić information content (AvgIpc) is 3.48. The molecular formula is C29H37N5O4. The summed E-state index contributed by atoms with van der Waals surface area (Å²) in [4.78, 5) is 30.9. The van der Waals surface area contributed by atoms with Gasteiger partial charge >= 0.3 is 0 Å². The number of carbonyl (C=O) groups is 2. The van der Waals surface area contributed by atoms with Crippen molar-refractivity contribution in [1.29, 1.82) is 5.26 Å². The second-order valence-electron chi connectivity index (χ2n) is 9.88. The Labute approximate surface area is 224 Å². The molecule has 0 saturated carbocycles. The van der Waals surface area contributed by atoms with Crippen LogP contribution in [0, 0.1) is 11.3 Å². The summed E-state index contributed by atoms with van der Waals surface area (Å²) in [7, 11) is 1.56. The third kappa shape index (κ3) is 6.90. The molecule has 3 N–H and O–H groups in total. The molecule has 2 saturated heterocycles. The standard InChI is InChI=1S/C29H37N5O4/c1-37-25-5-2-4-23(16-25)29(36)34-14-11-24(17-27(34)28(35)32-13-12-30)33(20-26-6-3-15-38-26)19-22-9-7-21(18-31)8-10-22/h2,4-5,7-10,16,24,26-27H,3,6,11-15,17,19-20,30H2,1H3,(H,32,35)/t24?,26?,27-/m1/s1. The van der Waals surface area contributed by atoms with Crippen LogP contribution < -0.4 is 15.8 Å². The molecule has 0 spiro atoms. The number of methoxy groups -OCH3 is 1. The topological polar surface area (TPSA) is 121 Å². The Bertz CT molecular complexity index is 1130. The fourth-order valence-electron chi connectivity index (χ4n) is 5.32. The summed E-state index contributed by atoms with van der Waals surface area (Å²) in [5, 5.41) is 12.1. The van der Waals surface area contributed by atoms with Crippen molar-refractivity contribution in [3.63, 3.8) is 0 Å². The first-order valence-electron chi connectivity index (χ1n) is 13.3. The number of nitrogens with one attached hydrogen (secondary N) is 1. The minimum atomic E-state index is -0.619. The number of amides is 2. The van der Waals surface area contributed by atoms with Gasteiger partial charge in [0.25, 0.3) is 5.91 Å². The van der Waals surface area contributed by atoms with Crippen molar-refractivity contribution >= 4 is 11.8 Å². The van der Waals surface area contributed by atoms with Crippen molar-refractivity contribution in [2.45, 2.75) is 50.4 Å². The largest absolute Gasteiger partial charge is 0.497 e. The fourth-order valence-corrected chi connectivity index (χ4v) is 5.32. The molecular weight excluding hydrogens is 482 g/mol. The van der Waals surface area contributed by atoms with E-state index in [1.807, 2.05) is 24.3 Å². The summed E-state index contributed by atoms with van der Waals surface area (Å²) < 4.78 is 11.3. The summed E-state index contributed by atoms with van der Waals surface area (Å²) in [5.74, 6) is 0.222. The van der Waals surface area contributed by atoms with Gasteiger partial charge in [-0.15, -0.1) is 0 Å². The van der Waals surface area contributed by atoms with Crippen molar-refractivity contribution in [1.82, 2.24) is 15.1 Å². The number of benzene rings is 2. The predicted octanol–water partition coefficient (Wildman–Crippen LogP) is 2.30. The summed E-state index contributed by atoms with van der Waals surface area (Å²) in [6, 6.07) is 16.3. The second-order valence-corrected chi connectivity index (χ2v) is 9.88. The van der Waals surface area contributed by atoms with E-state index in [1.54, 1.807) is 36.3 Å². The molecule has 38 heavy (non-hydrogen) atoms. The second kappa shape index (κ2) is 13.4. The Morgan fingerprint density at radius 3 is 2.74 bits per heavy atom. The molecule has 2 aromatic carbocycles. The summed E-state index contributed by atoms with van der Waals surface area (Å²) >= 11 is 0. The Kier molecular flexibility index (Phi) is 9.71. The van der Waals surface area contributed by atoms with Gasteiger partial charge in [-0.05, 0) is 61.6 Å². The number of piperidine rings is 1. The van der Waals surface area contributed by atoms with Gasteiger partial charge in [0.2, 0.25) is 5.91 Å². The molecule has 0 aliphatic carbocycles. The lowest BCUT2D eigenvalue weighted by Crippen LogP contribution is -2.58. The molecule has 2 heterocycles. The van der Waals surface area contributed by atoms with Gasteiger partial charge in [-0.25, -0.2) is 0 Å². The zero-order chi connectivity index (χ0) is 26.9. The van der Waals surface area contributed by atoms with Crippen molar-refractivity contribution in [2.75, 3.05) is 39.9 Å². The van der Waals surface area contributed by atoms with E-state index in [0.29, 0.717) is 49.5 Å². The number of likely N-dealkylation sites (tertiary alicyclic amines) is 1. The Morgan fingerprint density at radius 2 is 2.05 bits per heavy atom. The quantitative estimate of drug-likeness (QED) is 0.494. The molecule has 9 heteroatoms. The SMILES string of the molecule is COc1cccc(C(=O)N2CCC(N(Cc3ccc(C#N)cc3)CC3CCCO3)C[C@@H]2C(=O)NCCN)c1. The molecule has 202 valence electrons. The molecule has 3 atom stereocenters. The third-order valence-corrected chi connectivity index (χ3v) is 7.35. The highest BCUT2D eigenvalue weighted by atomic mass is 16.5. The number of ether oxygens (including phenoxy) is 2. The van der Waals surface area contributed by atoms with E-state index in [1.165, 1.54) is 0 Å². The zero-order valence-electron chi connectivity index (χ0n) is 22.0. The van der Waals surface area contributed by atoms with Crippen LogP contribution in [0.1, 0.15) is 47.2 Å². The van der Waals surface area contributed by atoms with Crippen LogP contribution in [0.15, 0.2) is 48.5 Å². The summed E-state index contributed by atoms with van der Waals surface area (Å²) in [6.07, 6.45) is 3.45. The van der Waals surface area contributed by atoms with Gasteiger partial charge in [-0.1, -0.05) is 18.2 Å². The number of nitrogens with two attached hydrogens (primary N) is 1. The number of carbonyl (C=O) groups excluding carboxylic acids is 2. The number of rotatable bonds is 10. The molecule has 2 aromatic rings. The first-order chi connectivity index (χ1) is 18.5. The van der Waals surface area contributed by atoms with Gasteiger partial charge < -0.3 is 25.4 Å². The molecule has 4 rings (SSSR count). The van der Waals surface area contributed by atoms with Crippen molar-refractivity contribution in [3.05, 3.63) is 65.2 Å². The number of hydrogen-bond acceptors (Lipinski definition) is 7. The summed E-state index contributed by atoms with van der Waals surface area (Å²) in [5.41, 5.74) is 7.86. The van der Waals surface area contributed by atoms with Crippen LogP contribution in [-0.2, 0) is 16.1 Å². The van der Waals surface area contributed by atoms with Crippen LogP contribution in [0.4, 0.5) is 0 Å². The van der Waals surface area contributed by atoms with Crippen LogP contribution in [-0.4, -0.2) is 79.7 Å². The third-order valence-electron chi connectivity index (χ3n) is 7.35. The maximum Gasteiger partial charge on any atom is 0.254 e. The Balaban J connectivity index is 1.56. The molecule has 0 aromatic heterocycles. The first-order valence-corrected chi connectivity index (χ1v) is 13.3.